The van der Waals surface area contributed by atoms with Gasteiger partial charge in [0, 0.05) is 11.8 Å². The number of esters is 1. The molecule has 2 unspecified atom stereocenters. The number of rotatable bonds is 6. The molecule has 0 amide bonds. The number of carbonyl (C=O) groups is 1. The van der Waals surface area contributed by atoms with Gasteiger partial charge in [-0.3, -0.25) is 0 Å². The summed E-state index contributed by atoms with van der Waals surface area (Å²) >= 11 is 0. The number of carbonyl (C=O) groups excluding carboxylic acids is 1. The van der Waals surface area contributed by atoms with Crippen molar-refractivity contribution in [3.63, 3.8) is 0 Å². The van der Waals surface area contributed by atoms with Crippen molar-refractivity contribution >= 4 is 5.97 Å². The molecule has 6 nitrogen and oxygen atoms in total. The van der Waals surface area contributed by atoms with Crippen molar-refractivity contribution in [3.05, 3.63) is 29.6 Å². The van der Waals surface area contributed by atoms with Crippen LogP contribution in [0.15, 0.2) is 18.3 Å². The van der Waals surface area contributed by atoms with Gasteiger partial charge in [-0.1, -0.05) is 6.07 Å². The highest BCUT2D eigenvalue weighted by atomic mass is 16.5. The summed E-state index contributed by atoms with van der Waals surface area (Å²) < 4.78 is 4.52. The lowest BCUT2D eigenvalue weighted by Gasteiger charge is -2.17. The lowest BCUT2D eigenvalue weighted by atomic mass is 10.0. The van der Waals surface area contributed by atoms with Crippen LogP contribution in [0.1, 0.15) is 28.6 Å². The van der Waals surface area contributed by atoms with Crippen molar-refractivity contribution in [2.75, 3.05) is 20.7 Å². The molecule has 0 spiro atoms. The van der Waals surface area contributed by atoms with Gasteiger partial charge in [-0.15, -0.1) is 0 Å². The predicted octanol–water partition coefficient (Wildman–Crippen LogP) is -0.128. The van der Waals surface area contributed by atoms with Crippen molar-refractivity contribution in [2.45, 2.75) is 18.6 Å². The van der Waals surface area contributed by atoms with Crippen molar-refractivity contribution in [1.29, 1.82) is 0 Å². The lowest BCUT2D eigenvalue weighted by molar-refractivity contribution is 0.0138. The van der Waals surface area contributed by atoms with Crippen molar-refractivity contribution < 1.29 is 19.7 Å². The SMILES string of the molecule is CNCCC(O)C(O)c1ccc(C(=O)OC)nc1. The Kier molecular flexibility index (Phi) is 5.70. The van der Waals surface area contributed by atoms with Crippen molar-refractivity contribution in [3.8, 4) is 0 Å². The summed E-state index contributed by atoms with van der Waals surface area (Å²) in [5.74, 6) is -0.535. The van der Waals surface area contributed by atoms with E-state index in [9.17, 15) is 15.0 Å². The molecule has 1 heterocycles. The Balaban J connectivity index is 2.69. The van der Waals surface area contributed by atoms with Gasteiger partial charge in [0.15, 0.2) is 0 Å². The summed E-state index contributed by atoms with van der Waals surface area (Å²) in [5, 5.41) is 22.5. The highest BCUT2D eigenvalue weighted by molar-refractivity contribution is 5.86. The Hall–Kier alpha value is -1.50. The maximum absolute atomic E-state index is 11.2. The van der Waals surface area contributed by atoms with E-state index < -0.39 is 18.2 Å². The molecule has 6 heteroatoms. The molecule has 0 aliphatic heterocycles. The molecule has 0 fully saturated rings. The van der Waals surface area contributed by atoms with Crippen LogP contribution in [0.2, 0.25) is 0 Å². The van der Waals surface area contributed by atoms with Crippen LogP contribution in [0, 0.1) is 0 Å². The van der Waals surface area contributed by atoms with Crippen LogP contribution in [0.25, 0.3) is 0 Å². The Bertz CT molecular complexity index is 380. The van der Waals surface area contributed by atoms with E-state index in [4.69, 9.17) is 0 Å². The fourth-order valence-corrected chi connectivity index (χ4v) is 1.48. The number of aromatic nitrogens is 1. The van der Waals surface area contributed by atoms with Crippen LogP contribution < -0.4 is 5.32 Å². The predicted molar refractivity (Wildman–Crippen MR) is 65.1 cm³/mol. The molecular formula is C12H18N2O4. The van der Waals surface area contributed by atoms with Crippen LogP contribution in [0.4, 0.5) is 0 Å². The number of methoxy groups -OCH3 is 1. The van der Waals surface area contributed by atoms with Crippen LogP contribution in [0.5, 0.6) is 0 Å². The third-order valence-corrected chi connectivity index (χ3v) is 2.58. The first-order chi connectivity index (χ1) is 8.60. The second kappa shape index (κ2) is 7.05. The zero-order valence-electron chi connectivity index (χ0n) is 10.5. The summed E-state index contributed by atoms with van der Waals surface area (Å²) in [6.07, 6.45) is -0.101. The minimum atomic E-state index is -1.02. The van der Waals surface area contributed by atoms with Crippen molar-refractivity contribution in [2.24, 2.45) is 0 Å². The summed E-state index contributed by atoms with van der Waals surface area (Å²) in [6, 6.07) is 3.00. The third-order valence-electron chi connectivity index (χ3n) is 2.58. The van der Waals surface area contributed by atoms with E-state index >= 15 is 0 Å². The Labute approximate surface area is 106 Å². The summed E-state index contributed by atoms with van der Waals surface area (Å²) in [6.45, 7) is 0.603. The average molecular weight is 254 g/mol. The molecule has 1 aromatic heterocycles. The second-order valence-corrected chi connectivity index (χ2v) is 3.87. The number of pyridine rings is 1. The number of hydrogen-bond acceptors (Lipinski definition) is 6. The zero-order chi connectivity index (χ0) is 13.5. The number of ether oxygens (including phenoxy) is 1. The Morgan fingerprint density at radius 1 is 1.50 bits per heavy atom. The molecule has 2 atom stereocenters. The molecule has 100 valence electrons. The van der Waals surface area contributed by atoms with Gasteiger partial charge in [-0.2, -0.15) is 0 Å². The van der Waals surface area contributed by atoms with Gasteiger partial charge in [-0.05, 0) is 26.1 Å². The van der Waals surface area contributed by atoms with E-state index in [0.717, 1.165) is 0 Å². The topological polar surface area (TPSA) is 91.7 Å². The smallest absolute Gasteiger partial charge is 0.356 e. The quantitative estimate of drug-likeness (QED) is 0.613. The molecule has 0 aromatic carbocycles. The first-order valence-electron chi connectivity index (χ1n) is 5.65. The van der Waals surface area contributed by atoms with Gasteiger partial charge >= 0.3 is 5.97 Å². The van der Waals surface area contributed by atoms with Gasteiger partial charge in [0.1, 0.15) is 11.8 Å². The highest BCUT2D eigenvalue weighted by Crippen LogP contribution is 2.18. The van der Waals surface area contributed by atoms with E-state index in [2.05, 4.69) is 15.0 Å². The molecule has 0 saturated heterocycles. The van der Waals surface area contributed by atoms with Crippen LogP contribution in [-0.4, -0.2) is 48.0 Å². The van der Waals surface area contributed by atoms with Gasteiger partial charge < -0.3 is 20.3 Å². The fourth-order valence-electron chi connectivity index (χ4n) is 1.48. The van der Waals surface area contributed by atoms with E-state index in [1.807, 2.05) is 0 Å². The van der Waals surface area contributed by atoms with Crippen LogP contribution in [-0.2, 0) is 4.74 Å². The van der Waals surface area contributed by atoms with E-state index in [0.29, 0.717) is 18.5 Å². The number of hydrogen-bond donors (Lipinski definition) is 3. The summed E-state index contributed by atoms with van der Waals surface area (Å²) in [4.78, 5) is 15.0. The number of nitrogens with zero attached hydrogens (tertiary/aromatic N) is 1. The summed E-state index contributed by atoms with van der Waals surface area (Å²) in [5.41, 5.74) is 0.629. The maximum Gasteiger partial charge on any atom is 0.356 e. The lowest BCUT2D eigenvalue weighted by Crippen LogP contribution is -2.23. The number of aliphatic hydroxyl groups is 2. The highest BCUT2D eigenvalue weighted by Gasteiger charge is 2.18. The average Bonchev–Trinajstić information content (AvgIpc) is 2.43. The molecule has 0 radical (unpaired) electrons. The first kappa shape index (κ1) is 14.6. The van der Waals surface area contributed by atoms with Crippen molar-refractivity contribution in [1.82, 2.24) is 10.3 Å². The Morgan fingerprint density at radius 3 is 2.72 bits per heavy atom. The number of nitrogens with one attached hydrogen (secondary N) is 1. The third kappa shape index (κ3) is 3.76. The molecule has 1 rings (SSSR count). The van der Waals surface area contributed by atoms with Gasteiger partial charge in [0.25, 0.3) is 0 Å². The Morgan fingerprint density at radius 2 is 2.22 bits per heavy atom. The molecule has 0 bridgehead atoms. The van der Waals surface area contributed by atoms with E-state index in [1.54, 1.807) is 13.1 Å². The van der Waals surface area contributed by atoms with Crippen LogP contribution in [0.3, 0.4) is 0 Å². The standard InChI is InChI=1S/C12H18N2O4/c1-13-6-5-10(15)11(16)8-3-4-9(14-7-8)12(17)18-2/h3-4,7,10-11,13,15-16H,5-6H2,1-2H3. The minimum Gasteiger partial charge on any atom is -0.464 e. The minimum absolute atomic E-state index is 0.165. The van der Waals surface area contributed by atoms with Gasteiger partial charge in [0.2, 0.25) is 0 Å². The van der Waals surface area contributed by atoms with E-state index in [1.165, 1.54) is 19.4 Å². The van der Waals surface area contributed by atoms with E-state index in [-0.39, 0.29) is 5.69 Å². The fraction of sp³-hybridized carbons (Fsp3) is 0.500. The maximum atomic E-state index is 11.2. The molecule has 0 aliphatic carbocycles. The molecule has 1 aromatic rings. The van der Waals surface area contributed by atoms with Crippen LogP contribution >= 0.6 is 0 Å². The molecular weight excluding hydrogens is 236 g/mol. The second-order valence-electron chi connectivity index (χ2n) is 3.87. The van der Waals surface area contributed by atoms with Gasteiger partial charge in [-0.25, -0.2) is 9.78 Å². The largest absolute Gasteiger partial charge is 0.464 e. The normalized spacial score (nSPS) is 14.0. The first-order valence-corrected chi connectivity index (χ1v) is 5.65. The monoisotopic (exact) mass is 254 g/mol. The molecule has 18 heavy (non-hydrogen) atoms. The number of aliphatic hydroxyl groups excluding tert-OH is 2. The zero-order valence-corrected chi connectivity index (χ0v) is 10.5. The molecule has 0 saturated carbocycles. The molecule has 3 N–H and O–H groups in total. The summed E-state index contributed by atoms with van der Waals surface area (Å²) in [7, 11) is 3.04. The molecule has 0 aliphatic rings. The van der Waals surface area contributed by atoms with Gasteiger partial charge in [0.05, 0.1) is 13.2 Å².